The Morgan fingerprint density at radius 1 is 0.951 bits per heavy atom. The van der Waals surface area contributed by atoms with Gasteiger partial charge in [0.05, 0.1) is 10.1 Å². The Morgan fingerprint density at radius 2 is 1.56 bits per heavy atom. The average Bonchev–Trinajstić information content (AvgIpc) is 2.92. The maximum absolute atomic E-state index is 12.2. The molecule has 1 aliphatic rings. The van der Waals surface area contributed by atoms with Crippen molar-refractivity contribution in [2.75, 3.05) is 25.0 Å². The lowest BCUT2D eigenvalue weighted by Gasteiger charge is -2.22. The van der Waals surface area contributed by atoms with Crippen LogP contribution in [0.25, 0.3) is 5.57 Å². The molecule has 0 saturated heterocycles. The van der Waals surface area contributed by atoms with Crippen LogP contribution in [-0.4, -0.2) is 61.6 Å². The molecule has 2 aromatic carbocycles. The van der Waals surface area contributed by atoms with Crippen LogP contribution in [0.3, 0.4) is 0 Å². The van der Waals surface area contributed by atoms with Gasteiger partial charge in [-0.25, -0.2) is 5.26 Å². The third-order valence-corrected chi connectivity index (χ3v) is 8.03. The van der Waals surface area contributed by atoms with Gasteiger partial charge in [-0.05, 0) is 72.0 Å². The number of hydrogen-bond acceptors (Lipinski definition) is 9. The number of rotatable bonds is 10. The summed E-state index contributed by atoms with van der Waals surface area (Å²) in [7, 11) is -7.69. The van der Waals surface area contributed by atoms with Gasteiger partial charge in [0.2, 0.25) is 11.8 Å². The summed E-state index contributed by atoms with van der Waals surface area (Å²) in [4.78, 5) is 1.55. The van der Waals surface area contributed by atoms with Gasteiger partial charge in [-0.1, -0.05) is 29.3 Å². The zero-order valence-corrected chi connectivity index (χ0v) is 24.8. The summed E-state index contributed by atoms with van der Waals surface area (Å²) in [6.07, 6.45) is 7.19. The smallest absolute Gasteiger partial charge is 0.294 e. The summed E-state index contributed by atoms with van der Waals surface area (Å²) in [5.74, 6) is -0.980. The van der Waals surface area contributed by atoms with Crippen LogP contribution in [0.2, 0.25) is 0 Å². The molecule has 14 heteroatoms. The Balaban J connectivity index is 2.20. The van der Waals surface area contributed by atoms with E-state index in [2.05, 4.69) is 39.4 Å². The fourth-order valence-electron chi connectivity index (χ4n) is 4.23. The molecule has 41 heavy (non-hydrogen) atoms. The average molecular weight is 622 g/mol. The monoisotopic (exact) mass is 621 g/mol. The largest absolute Gasteiger partial charge is 0.372 e. The van der Waals surface area contributed by atoms with Crippen LogP contribution in [0.15, 0.2) is 77.2 Å². The van der Waals surface area contributed by atoms with Crippen LogP contribution >= 0.6 is 12.0 Å². The second-order valence-electron chi connectivity index (χ2n) is 8.66. The number of benzene rings is 2. The van der Waals surface area contributed by atoms with E-state index in [1.165, 1.54) is 18.2 Å². The molecule has 3 N–H and O–H groups in total. The molecular formula is C27H29N2O9S3+. The van der Waals surface area contributed by atoms with Crippen molar-refractivity contribution in [1.82, 2.24) is 0 Å². The highest BCUT2D eigenvalue weighted by molar-refractivity contribution is 7.99. The number of hydrogen-bond donors (Lipinski definition) is 3. The van der Waals surface area contributed by atoms with Gasteiger partial charge in [-0.15, -0.1) is 8.91 Å². The van der Waals surface area contributed by atoms with E-state index in [0.29, 0.717) is 34.5 Å². The normalized spacial score (nSPS) is 13.1. The fraction of sp³-hybridized carbons (Fsp3) is 0.222. The van der Waals surface area contributed by atoms with E-state index < -0.39 is 30.9 Å². The van der Waals surface area contributed by atoms with Crippen LogP contribution in [0.4, 0.5) is 5.69 Å². The van der Waals surface area contributed by atoms with E-state index in [4.69, 9.17) is 5.26 Å². The third-order valence-electron chi connectivity index (χ3n) is 6.12. The molecule has 0 aromatic heterocycles. The van der Waals surface area contributed by atoms with Crippen LogP contribution in [0.5, 0.6) is 0 Å². The molecule has 2 aromatic rings. The Bertz CT molecular complexity index is 1660. The van der Waals surface area contributed by atoms with Gasteiger partial charge in [0.25, 0.3) is 20.2 Å². The van der Waals surface area contributed by atoms with Crippen molar-refractivity contribution in [3.63, 3.8) is 0 Å². The van der Waals surface area contributed by atoms with Crippen molar-refractivity contribution >= 4 is 49.3 Å². The van der Waals surface area contributed by atoms with Gasteiger partial charge < -0.3 is 4.90 Å². The standard InChI is InChI=1S/C27H28N2O9S3/c1-4-29(5-2)25-14-10-21(11-15-25)27(20-8-12-24(13-9-20)28(3)16-17-39-38-37-30)22-6-7-23(19-40(31,32)33)26(18-22)41(34,35)36/h6-15,18H,4-5,19H2,1-3H3,(H2-,30,31,32,33,34,35,36)/p+1. The molecule has 218 valence electrons. The zero-order chi connectivity index (χ0) is 30.2. The van der Waals surface area contributed by atoms with Crippen molar-refractivity contribution in [1.29, 1.82) is 0 Å². The molecule has 0 fully saturated rings. The molecule has 0 bridgehead atoms. The molecule has 11 nitrogen and oxygen atoms in total. The van der Waals surface area contributed by atoms with E-state index in [1.54, 1.807) is 35.9 Å². The molecule has 0 aliphatic heterocycles. The molecule has 0 heterocycles. The van der Waals surface area contributed by atoms with Crippen molar-refractivity contribution < 1.29 is 45.1 Å². The first-order valence-corrected chi connectivity index (χ1v) is 15.9. The second kappa shape index (κ2) is 14.1. The fourth-order valence-corrected chi connectivity index (χ4v) is 5.95. The maximum atomic E-state index is 12.2. The molecule has 0 amide bonds. The van der Waals surface area contributed by atoms with E-state index >= 15 is 0 Å². The quantitative estimate of drug-likeness (QED) is 0.0512. The minimum absolute atomic E-state index is 0.265. The molecule has 3 rings (SSSR count). The van der Waals surface area contributed by atoms with Gasteiger partial charge in [-0.2, -0.15) is 16.8 Å². The predicted molar refractivity (Wildman–Crippen MR) is 157 cm³/mol. The lowest BCUT2D eigenvalue weighted by Crippen LogP contribution is -2.21. The van der Waals surface area contributed by atoms with Gasteiger partial charge in [-0.3, -0.25) is 9.11 Å². The Hall–Kier alpha value is -3.26. The maximum Gasteiger partial charge on any atom is 0.294 e. The molecular weight excluding hydrogens is 593 g/mol. The van der Waals surface area contributed by atoms with Crippen LogP contribution in [0, 0.1) is 11.3 Å². The Morgan fingerprint density at radius 3 is 2.10 bits per heavy atom. The minimum Gasteiger partial charge on any atom is -0.372 e. The van der Waals surface area contributed by atoms with Crippen LogP contribution in [-0.2, 0) is 35.4 Å². The van der Waals surface area contributed by atoms with Gasteiger partial charge in [0, 0.05) is 30.9 Å². The highest BCUT2D eigenvalue weighted by atomic mass is 32.2. The number of allylic oxidation sites excluding steroid dienone is 5. The van der Waals surface area contributed by atoms with Crippen LogP contribution < -0.4 is 4.90 Å². The lowest BCUT2D eigenvalue weighted by atomic mass is 9.90. The SMILES string of the molecule is CCN(CC)c1ccc(C(=C2C=CC(=[N+](C)C#CSOOO)C=C2)c2ccc(CS(=O)(=O)O)c(S(=O)(=O)O)c2)cc1. The van der Waals surface area contributed by atoms with E-state index in [9.17, 15) is 25.9 Å². The number of nitrogens with zero attached hydrogens (tertiary/aromatic N) is 2. The predicted octanol–water partition coefficient (Wildman–Crippen LogP) is 4.17. The highest BCUT2D eigenvalue weighted by Crippen LogP contribution is 2.33. The zero-order valence-electron chi connectivity index (χ0n) is 22.4. The molecule has 0 unspecified atom stereocenters. The summed E-state index contributed by atoms with van der Waals surface area (Å²) in [6, 6.07) is 14.5. The Kier molecular flexibility index (Phi) is 11.1. The molecule has 1 aliphatic carbocycles. The van der Waals surface area contributed by atoms with Crippen molar-refractivity contribution in [2.45, 2.75) is 24.5 Å². The molecule has 0 radical (unpaired) electrons. The first-order chi connectivity index (χ1) is 19.4. The Labute approximate surface area is 243 Å². The summed E-state index contributed by atoms with van der Waals surface area (Å²) < 4.78 is 72.5. The first-order valence-electron chi connectivity index (χ1n) is 12.1. The van der Waals surface area contributed by atoms with Crippen molar-refractivity contribution in [3.05, 3.63) is 89.0 Å². The topological polar surface area (TPSA) is 154 Å². The van der Waals surface area contributed by atoms with Crippen molar-refractivity contribution in [2.24, 2.45) is 0 Å². The lowest BCUT2D eigenvalue weighted by molar-refractivity contribution is -0.431. The first kappa shape index (κ1) is 32.3. The highest BCUT2D eigenvalue weighted by Gasteiger charge is 2.22. The summed E-state index contributed by atoms with van der Waals surface area (Å²) >= 11 is 0.587. The number of anilines is 1. The van der Waals surface area contributed by atoms with E-state index in [1.807, 2.05) is 24.3 Å². The third kappa shape index (κ3) is 8.86. The van der Waals surface area contributed by atoms with E-state index in [-0.39, 0.29) is 5.56 Å². The van der Waals surface area contributed by atoms with Gasteiger partial charge >= 0.3 is 0 Å². The minimum atomic E-state index is -4.84. The second-order valence-corrected chi connectivity index (χ2v) is 12.0. The summed E-state index contributed by atoms with van der Waals surface area (Å²) in [6.45, 7) is 5.73. The summed E-state index contributed by atoms with van der Waals surface area (Å²) in [5.41, 5.74) is 3.90. The summed E-state index contributed by atoms with van der Waals surface area (Å²) in [5, 5.41) is 14.3. The molecule has 0 saturated carbocycles. The van der Waals surface area contributed by atoms with Crippen LogP contribution in [0.1, 0.15) is 30.5 Å². The van der Waals surface area contributed by atoms with Gasteiger partial charge in [0.1, 0.15) is 24.8 Å². The molecule has 0 spiro atoms. The van der Waals surface area contributed by atoms with E-state index in [0.717, 1.165) is 24.3 Å². The van der Waals surface area contributed by atoms with Gasteiger partial charge in [0.15, 0.2) is 0 Å². The van der Waals surface area contributed by atoms with Crippen molar-refractivity contribution in [3.8, 4) is 11.3 Å². The molecule has 0 atom stereocenters.